The zero-order chi connectivity index (χ0) is 11.8. The maximum absolute atomic E-state index is 4.28. The zero-order valence-corrected chi connectivity index (χ0v) is 12.1. The van der Waals surface area contributed by atoms with Crippen molar-refractivity contribution in [2.24, 2.45) is 5.92 Å². The number of allylic oxidation sites excluding steroid dienone is 1. The van der Waals surface area contributed by atoms with Crippen LogP contribution in [0.3, 0.4) is 0 Å². The highest BCUT2D eigenvalue weighted by Crippen LogP contribution is 2.18. The van der Waals surface area contributed by atoms with Crippen LogP contribution in [0.25, 0.3) is 0 Å². The molecule has 0 radical (unpaired) electrons. The van der Waals surface area contributed by atoms with E-state index in [9.17, 15) is 0 Å². The second-order valence-corrected chi connectivity index (χ2v) is 6.32. The second-order valence-electron chi connectivity index (χ2n) is 3.82. The maximum atomic E-state index is 4.28. The first kappa shape index (κ1) is 13.9. The summed E-state index contributed by atoms with van der Waals surface area (Å²) in [7, 11) is 0. The van der Waals surface area contributed by atoms with Gasteiger partial charge in [-0.25, -0.2) is 4.98 Å². The summed E-state index contributed by atoms with van der Waals surface area (Å²) in [6, 6.07) is 0. The molecule has 4 heteroatoms. The monoisotopic (exact) mass is 302 g/mol. The molecule has 0 bridgehead atoms. The van der Waals surface area contributed by atoms with Crippen LogP contribution in [0.4, 0.5) is 0 Å². The molecule has 1 unspecified atom stereocenters. The first-order valence-electron chi connectivity index (χ1n) is 5.68. The van der Waals surface area contributed by atoms with Gasteiger partial charge in [-0.2, -0.15) is 0 Å². The molecule has 0 spiro atoms. The summed E-state index contributed by atoms with van der Waals surface area (Å²) in [5.74, 6) is 0.771. The van der Waals surface area contributed by atoms with Crippen LogP contribution in [0.5, 0.6) is 0 Å². The molecule has 1 N–H and O–H groups in total. The molecule has 1 heterocycles. The Bertz CT molecular complexity index is 312. The Balaban J connectivity index is 2.13. The summed E-state index contributed by atoms with van der Waals surface area (Å²) in [4.78, 5) is 4.28. The van der Waals surface area contributed by atoms with E-state index in [-0.39, 0.29) is 0 Å². The van der Waals surface area contributed by atoms with Crippen molar-refractivity contribution in [2.75, 3.05) is 6.54 Å². The van der Waals surface area contributed by atoms with Gasteiger partial charge in [-0.3, -0.25) is 0 Å². The first-order chi connectivity index (χ1) is 7.76. The molecule has 2 nitrogen and oxygen atoms in total. The summed E-state index contributed by atoms with van der Waals surface area (Å²) in [6.45, 7) is 7.97. The molecular formula is C12H19BrN2S. The van der Waals surface area contributed by atoms with Gasteiger partial charge in [0.05, 0.1) is 9.98 Å². The molecule has 0 aliphatic rings. The number of thiazole rings is 1. The van der Waals surface area contributed by atoms with Gasteiger partial charge in [-0.1, -0.05) is 19.4 Å². The van der Waals surface area contributed by atoms with Crippen LogP contribution in [0.15, 0.2) is 22.6 Å². The van der Waals surface area contributed by atoms with Gasteiger partial charge < -0.3 is 5.32 Å². The predicted molar refractivity (Wildman–Crippen MR) is 74.7 cm³/mol. The lowest BCUT2D eigenvalue weighted by Gasteiger charge is -2.12. The molecule has 1 aromatic rings. The van der Waals surface area contributed by atoms with Gasteiger partial charge >= 0.3 is 0 Å². The summed E-state index contributed by atoms with van der Waals surface area (Å²) in [6.07, 6.45) is 7.45. The van der Waals surface area contributed by atoms with Crippen molar-refractivity contribution in [1.82, 2.24) is 10.3 Å². The van der Waals surface area contributed by atoms with Crippen molar-refractivity contribution in [3.63, 3.8) is 0 Å². The van der Waals surface area contributed by atoms with E-state index in [2.05, 4.69) is 39.7 Å². The third-order valence-electron chi connectivity index (χ3n) is 2.61. The number of hydrogen-bond donors (Lipinski definition) is 1. The van der Waals surface area contributed by atoms with Crippen LogP contribution in [0.2, 0.25) is 0 Å². The minimum absolute atomic E-state index is 0.771. The van der Waals surface area contributed by atoms with E-state index >= 15 is 0 Å². The van der Waals surface area contributed by atoms with Crippen molar-refractivity contribution >= 4 is 27.3 Å². The highest BCUT2D eigenvalue weighted by Gasteiger charge is 2.04. The van der Waals surface area contributed by atoms with E-state index < -0.39 is 0 Å². The fourth-order valence-electron chi connectivity index (χ4n) is 1.60. The summed E-state index contributed by atoms with van der Waals surface area (Å²) >= 11 is 5.10. The molecule has 1 rings (SSSR count). The van der Waals surface area contributed by atoms with E-state index in [0.29, 0.717) is 0 Å². The molecule has 90 valence electrons. The van der Waals surface area contributed by atoms with E-state index in [1.807, 2.05) is 12.3 Å². The third-order valence-corrected chi connectivity index (χ3v) is 4.08. The minimum atomic E-state index is 0.771. The number of nitrogens with one attached hydrogen (secondary N) is 1. The molecule has 16 heavy (non-hydrogen) atoms. The molecule has 0 saturated heterocycles. The average Bonchev–Trinajstić information content (AvgIpc) is 2.69. The lowest BCUT2D eigenvalue weighted by atomic mass is 9.99. The SMILES string of the molecule is C=CCC(CC)CCNCc1ncc(Br)s1. The number of halogens is 1. The second kappa shape index (κ2) is 7.98. The first-order valence-corrected chi connectivity index (χ1v) is 7.29. The lowest BCUT2D eigenvalue weighted by Crippen LogP contribution is -2.17. The number of aromatic nitrogens is 1. The van der Waals surface area contributed by atoms with Crippen molar-refractivity contribution in [3.05, 3.63) is 27.6 Å². The molecule has 0 aliphatic carbocycles. The molecule has 1 atom stereocenters. The molecule has 0 amide bonds. The fourth-order valence-corrected chi connectivity index (χ4v) is 2.87. The van der Waals surface area contributed by atoms with E-state index in [4.69, 9.17) is 0 Å². The highest BCUT2D eigenvalue weighted by atomic mass is 79.9. The highest BCUT2D eigenvalue weighted by molar-refractivity contribution is 9.11. The molecule has 1 aromatic heterocycles. The number of hydrogen-bond acceptors (Lipinski definition) is 3. The Hall–Kier alpha value is -0.190. The van der Waals surface area contributed by atoms with Crippen molar-refractivity contribution in [1.29, 1.82) is 0 Å². The van der Waals surface area contributed by atoms with Crippen LogP contribution >= 0.6 is 27.3 Å². The third kappa shape index (κ3) is 5.23. The standard InChI is InChI=1S/C12H19BrN2S/c1-3-5-10(4-2)6-7-14-9-12-15-8-11(13)16-12/h3,8,10,14H,1,4-7,9H2,2H3. The minimum Gasteiger partial charge on any atom is -0.310 e. The summed E-state index contributed by atoms with van der Waals surface area (Å²) < 4.78 is 1.10. The van der Waals surface area contributed by atoms with E-state index in [1.54, 1.807) is 11.3 Å². The fraction of sp³-hybridized carbons (Fsp3) is 0.583. The molecule has 0 saturated carbocycles. The van der Waals surface area contributed by atoms with Crippen molar-refractivity contribution in [2.45, 2.75) is 32.7 Å². The van der Waals surface area contributed by atoms with E-state index in [1.165, 1.54) is 12.8 Å². The molecule has 0 fully saturated rings. The average molecular weight is 303 g/mol. The number of rotatable bonds is 8. The molecule has 0 aliphatic heterocycles. The van der Waals surface area contributed by atoms with E-state index in [0.717, 1.165) is 34.2 Å². The van der Waals surface area contributed by atoms with Gasteiger partial charge in [0, 0.05) is 6.54 Å². The van der Waals surface area contributed by atoms with Crippen LogP contribution < -0.4 is 5.32 Å². The topological polar surface area (TPSA) is 24.9 Å². The Labute approximate surface area is 110 Å². The normalized spacial score (nSPS) is 12.6. The predicted octanol–water partition coefficient (Wildman–Crippen LogP) is 3.99. The Kier molecular flexibility index (Phi) is 6.92. The maximum Gasteiger partial charge on any atom is 0.107 e. The lowest BCUT2D eigenvalue weighted by molar-refractivity contribution is 0.455. The van der Waals surface area contributed by atoms with Crippen LogP contribution in [-0.4, -0.2) is 11.5 Å². The van der Waals surface area contributed by atoms with Gasteiger partial charge in [0.2, 0.25) is 0 Å². The van der Waals surface area contributed by atoms with Crippen molar-refractivity contribution in [3.8, 4) is 0 Å². The summed E-state index contributed by atoms with van der Waals surface area (Å²) in [5.41, 5.74) is 0. The largest absolute Gasteiger partial charge is 0.310 e. The van der Waals surface area contributed by atoms with Gasteiger partial charge in [0.25, 0.3) is 0 Å². The summed E-state index contributed by atoms with van der Waals surface area (Å²) in [5, 5.41) is 4.57. The van der Waals surface area contributed by atoms with Crippen LogP contribution in [-0.2, 0) is 6.54 Å². The van der Waals surface area contributed by atoms with Gasteiger partial charge in [-0.05, 0) is 41.2 Å². The van der Waals surface area contributed by atoms with Gasteiger partial charge in [-0.15, -0.1) is 17.9 Å². The number of nitrogens with zero attached hydrogens (tertiary/aromatic N) is 1. The Morgan fingerprint density at radius 1 is 1.69 bits per heavy atom. The smallest absolute Gasteiger partial charge is 0.107 e. The molecule has 0 aromatic carbocycles. The molecular weight excluding hydrogens is 284 g/mol. The van der Waals surface area contributed by atoms with Gasteiger partial charge in [0.1, 0.15) is 5.01 Å². The zero-order valence-electron chi connectivity index (χ0n) is 9.71. The Morgan fingerprint density at radius 3 is 3.06 bits per heavy atom. The quantitative estimate of drug-likeness (QED) is 0.580. The van der Waals surface area contributed by atoms with Crippen molar-refractivity contribution < 1.29 is 0 Å². The van der Waals surface area contributed by atoms with Gasteiger partial charge in [0.15, 0.2) is 0 Å². The Morgan fingerprint density at radius 2 is 2.50 bits per heavy atom. The van der Waals surface area contributed by atoms with Crippen LogP contribution in [0.1, 0.15) is 31.2 Å². The van der Waals surface area contributed by atoms with Crippen LogP contribution in [0, 0.1) is 5.92 Å².